The molecule has 0 aliphatic carbocycles. The van der Waals surface area contributed by atoms with Gasteiger partial charge in [0.2, 0.25) is 5.91 Å². The first-order chi connectivity index (χ1) is 14.5. The average Bonchev–Trinajstić information content (AvgIpc) is 3.38. The van der Waals surface area contributed by atoms with E-state index in [1.165, 1.54) is 5.56 Å². The van der Waals surface area contributed by atoms with Crippen LogP contribution in [0.3, 0.4) is 0 Å². The zero-order valence-electron chi connectivity index (χ0n) is 17.2. The fourth-order valence-electron chi connectivity index (χ4n) is 3.56. The van der Waals surface area contributed by atoms with Crippen molar-refractivity contribution in [1.29, 1.82) is 0 Å². The monoisotopic (exact) mass is 423 g/mol. The summed E-state index contributed by atoms with van der Waals surface area (Å²) in [4.78, 5) is 31.5. The van der Waals surface area contributed by atoms with E-state index in [2.05, 4.69) is 46.6 Å². The van der Waals surface area contributed by atoms with Gasteiger partial charge in [0, 0.05) is 43.3 Å². The molecule has 1 N–H and O–H groups in total. The summed E-state index contributed by atoms with van der Waals surface area (Å²) in [7, 11) is 1.78. The van der Waals surface area contributed by atoms with Gasteiger partial charge in [0.15, 0.2) is 0 Å². The standard InChI is InChI=1S/C22H25N5O2S/c1-15-3-5-16(6-4-15)22-25-19(14-30-22)11-20(28)27-9-7-18(8-10-27)24-21(29)17-12-23-26(2)13-17/h3-6,12-14,18H,7-11H2,1-2H3,(H,24,29). The first-order valence-corrected chi connectivity index (χ1v) is 10.9. The molecule has 2 aromatic heterocycles. The van der Waals surface area contributed by atoms with E-state index >= 15 is 0 Å². The van der Waals surface area contributed by atoms with Crippen molar-refractivity contribution in [3.8, 4) is 10.6 Å². The molecule has 1 aliphatic rings. The van der Waals surface area contributed by atoms with Gasteiger partial charge in [-0.05, 0) is 19.8 Å². The fourth-order valence-corrected chi connectivity index (χ4v) is 4.39. The third-order valence-electron chi connectivity index (χ3n) is 5.33. The quantitative estimate of drug-likeness (QED) is 0.684. The molecule has 2 amide bonds. The highest BCUT2D eigenvalue weighted by molar-refractivity contribution is 7.13. The lowest BCUT2D eigenvalue weighted by molar-refractivity contribution is -0.131. The summed E-state index contributed by atoms with van der Waals surface area (Å²) in [6.45, 7) is 3.35. The van der Waals surface area contributed by atoms with Crippen LogP contribution >= 0.6 is 11.3 Å². The Kier molecular flexibility index (Phi) is 5.94. The molecule has 1 fully saturated rings. The van der Waals surface area contributed by atoms with Crippen molar-refractivity contribution in [3.63, 3.8) is 0 Å². The number of hydrogen-bond acceptors (Lipinski definition) is 5. The van der Waals surface area contributed by atoms with Crippen LogP contribution in [0.25, 0.3) is 10.6 Å². The molecule has 0 atom stereocenters. The van der Waals surface area contributed by atoms with Crippen molar-refractivity contribution in [2.75, 3.05) is 13.1 Å². The molecule has 4 rings (SSSR count). The lowest BCUT2D eigenvalue weighted by atomic mass is 10.0. The van der Waals surface area contributed by atoms with Crippen molar-refractivity contribution < 1.29 is 9.59 Å². The number of hydrogen-bond donors (Lipinski definition) is 1. The molecule has 0 bridgehead atoms. The molecule has 0 saturated carbocycles. The molecule has 1 saturated heterocycles. The lowest BCUT2D eigenvalue weighted by Crippen LogP contribution is -2.46. The molecular weight excluding hydrogens is 398 g/mol. The van der Waals surface area contributed by atoms with Crippen molar-refractivity contribution in [2.24, 2.45) is 7.05 Å². The lowest BCUT2D eigenvalue weighted by Gasteiger charge is -2.32. The maximum Gasteiger partial charge on any atom is 0.254 e. The number of carbonyl (C=O) groups excluding carboxylic acids is 2. The highest BCUT2D eigenvalue weighted by Gasteiger charge is 2.25. The summed E-state index contributed by atoms with van der Waals surface area (Å²) in [5, 5.41) is 9.98. The molecule has 1 aliphatic heterocycles. The average molecular weight is 424 g/mol. The minimum absolute atomic E-state index is 0.0779. The van der Waals surface area contributed by atoms with Gasteiger partial charge in [-0.1, -0.05) is 29.8 Å². The summed E-state index contributed by atoms with van der Waals surface area (Å²) < 4.78 is 1.61. The SMILES string of the molecule is Cc1ccc(-c2nc(CC(=O)N3CCC(NC(=O)c4cnn(C)c4)CC3)cs2)cc1. The predicted molar refractivity (Wildman–Crippen MR) is 116 cm³/mol. The number of rotatable bonds is 5. The second kappa shape index (κ2) is 8.79. The molecule has 30 heavy (non-hydrogen) atoms. The molecular formula is C22H25N5O2S. The Morgan fingerprint density at radius 2 is 1.93 bits per heavy atom. The molecule has 0 spiro atoms. The van der Waals surface area contributed by atoms with E-state index in [0.29, 0.717) is 25.1 Å². The van der Waals surface area contributed by atoms with E-state index in [1.807, 2.05) is 10.3 Å². The number of likely N-dealkylation sites (tertiary alicyclic amines) is 1. The Labute approximate surface area is 179 Å². The molecule has 8 heteroatoms. The minimum atomic E-state index is -0.112. The number of aryl methyl sites for hydroxylation is 2. The maximum absolute atomic E-state index is 12.7. The van der Waals surface area contributed by atoms with Crippen LogP contribution in [0.1, 0.15) is 34.5 Å². The van der Waals surface area contributed by atoms with Crippen LogP contribution in [0.4, 0.5) is 0 Å². The zero-order chi connectivity index (χ0) is 21.1. The summed E-state index contributed by atoms with van der Waals surface area (Å²) in [5.41, 5.74) is 3.66. The molecule has 3 aromatic rings. The fraction of sp³-hybridized carbons (Fsp3) is 0.364. The number of amides is 2. The van der Waals surface area contributed by atoms with Crippen LogP contribution in [-0.4, -0.2) is 50.6 Å². The molecule has 3 heterocycles. The summed E-state index contributed by atoms with van der Waals surface area (Å²) in [6.07, 6.45) is 5.08. The molecule has 1 aromatic carbocycles. The Bertz CT molecular complexity index is 1030. The van der Waals surface area contributed by atoms with E-state index in [-0.39, 0.29) is 17.9 Å². The summed E-state index contributed by atoms with van der Waals surface area (Å²) in [5.74, 6) is -0.0215. The first kappa shape index (κ1) is 20.3. The van der Waals surface area contributed by atoms with Crippen molar-refractivity contribution in [1.82, 2.24) is 25.0 Å². The van der Waals surface area contributed by atoms with Gasteiger partial charge in [-0.15, -0.1) is 11.3 Å². The van der Waals surface area contributed by atoms with Crippen molar-refractivity contribution in [2.45, 2.75) is 32.2 Å². The third kappa shape index (κ3) is 4.76. The van der Waals surface area contributed by atoms with Crippen LogP contribution < -0.4 is 5.32 Å². The van der Waals surface area contributed by atoms with Crippen LogP contribution in [0.2, 0.25) is 0 Å². The van der Waals surface area contributed by atoms with E-state index in [4.69, 9.17) is 0 Å². The second-order valence-electron chi connectivity index (χ2n) is 7.72. The van der Waals surface area contributed by atoms with Gasteiger partial charge >= 0.3 is 0 Å². The first-order valence-electron chi connectivity index (χ1n) is 10.1. The maximum atomic E-state index is 12.7. The zero-order valence-corrected chi connectivity index (χ0v) is 18.0. The van der Waals surface area contributed by atoms with Gasteiger partial charge in [-0.2, -0.15) is 5.10 Å². The van der Waals surface area contributed by atoms with E-state index in [9.17, 15) is 9.59 Å². The largest absolute Gasteiger partial charge is 0.349 e. The Morgan fingerprint density at radius 1 is 1.20 bits per heavy atom. The summed E-state index contributed by atoms with van der Waals surface area (Å²) in [6, 6.07) is 8.33. The number of thiazole rings is 1. The molecule has 156 valence electrons. The highest BCUT2D eigenvalue weighted by atomic mass is 32.1. The van der Waals surface area contributed by atoms with Gasteiger partial charge < -0.3 is 10.2 Å². The van der Waals surface area contributed by atoms with E-state index < -0.39 is 0 Å². The number of aromatic nitrogens is 3. The Morgan fingerprint density at radius 3 is 2.60 bits per heavy atom. The number of carbonyl (C=O) groups is 2. The third-order valence-corrected chi connectivity index (χ3v) is 6.27. The van der Waals surface area contributed by atoms with Gasteiger partial charge in [0.25, 0.3) is 5.91 Å². The van der Waals surface area contributed by atoms with Crippen molar-refractivity contribution >= 4 is 23.2 Å². The van der Waals surface area contributed by atoms with Gasteiger partial charge in [-0.3, -0.25) is 14.3 Å². The van der Waals surface area contributed by atoms with Crippen LogP contribution in [-0.2, 0) is 18.3 Å². The van der Waals surface area contributed by atoms with Crippen molar-refractivity contribution in [3.05, 3.63) is 58.9 Å². The van der Waals surface area contributed by atoms with Crippen LogP contribution in [0, 0.1) is 6.92 Å². The van der Waals surface area contributed by atoms with Crippen LogP contribution in [0.15, 0.2) is 42.0 Å². The summed E-state index contributed by atoms with van der Waals surface area (Å²) >= 11 is 1.57. The predicted octanol–water partition coefficient (Wildman–Crippen LogP) is 2.82. The van der Waals surface area contributed by atoms with Gasteiger partial charge in [0.1, 0.15) is 5.01 Å². The Balaban J connectivity index is 1.27. The topological polar surface area (TPSA) is 80.1 Å². The second-order valence-corrected chi connectivity index (χ2v) is 8.58. The number of benzene rings is 1. The highest BCUT2D eigenvalue weighted by Crippen LogP contribution is 2.24. The van der Waals surface area contributed by atoms with Gasteiger partial charge in [0.05, 0.1) is 23.9 Å². The van der Waals surface area contributed by atoms with Crippen LogP contribution in [0.5, 0.6) is 0 Å². The molecule has 0 unspecified atom stereocenters. The Hall–Kier alpha value is -3.00. The normalized spacial score (nSPS) is 14.7. The number of nitrogens with zero attached hydrogens (tertiary/aromatic N) is 4. The van der Waals surface area contributed by atoms with Gasteiger partial charge in [-0.25, -0.2) is 4.98 Å². The number of nitrogens with one attached hydrogen (secondary N) is 1. The smallest absolute Gasteiger partial charge is 0.254 e. The molecule has 0 radical (unpaired) electrons. The van der Waals surface area contributed by atoms with E-state index in [0.717, 1.165) is 29.1 Å². The molecule has 7 nitrogen and oxygen atoms in total. The van der Waals surface area contributed by atoms with E-state index in [1.54, 1.807) is 35.5 Å². The minimum Gasteiger partial charge on any atom is -0.349 e. The number of piperidine rings is 1.